The second-order valence-corrected chi connectivity index (χ2v) is 12.4. The number of hydrogen-bond acceptors (Lipinski definition) is 1. The molecular formula is C46H28O. The second-order valence-electron chi connectivity index (χ2n) is 12.4. The molecule has 218 valence electrons. The van der Waals surface area contributed by atoms with E-state index in [-0.39, 0.29) is 0 Å². The Kier molecular flexibility index (Phi) is 5.64. The van der Waals surface area contributed by atoms with Crippen LogP contribution in [-0.4, -0.2) is 0 Å². The third kappa shape index (κ3) is 3.90. The summed E-state index contributed by atoms with van der Waals surface area (Å²) in [4.78, 5) is 0. The Labute approximate surface area is 271 Å². The average molecular weight is 597 g/mol. The van der Waals surface area contributed by atoms with Gasteiger partial charge >= 0.3 is 0 Å². The van der Waals surface area contributed by atoms with Crippen molar-refractivity contribution in [3.8, 4) is 33.4 Å². The summed E-state index contributed by atoms with van der Waals surface area (Å²) < 4.78 is 6.64. The van der Waals surface area contributed by atoms with Crippen molar-refractivity contribution in [2.45, 2.75) is 0 Å². The number of hydrogen-bond donors (Lipinski definition) is 0. The maximum absolute atomic E-state index is 6.64. The van der Waals surface area contributed by atoms with Crippen molar-refractivity contribution in [3.05, 3.63) is 170 Å². The maximum Gasteiger partial charge on any atom is 0.143 e. The van der Waals surface area contributed by atoms with Crippen LogP contribution in [0.25, 0.3) is 98.4 Å². The molecule has 47 heavy (non-hydrogen) atoms. The molecule has 0 unspecified atom stereocenters. The van der Waals surface area contributed by atoms with E-state index in [1.54, 1.807) is 0 Å². The van der Waals surface area contributed by atoms with Gasteiger partial charge in [-0.3, -0.25) is 0 Å². The topological polar surface area (TPSA) is 13.1 Å². The van der Waals surface area contributed by atoms with E-state index in [4.69, 9.17) is 4.42 Å². The molecule has 0 saturated carbocycles. The maximum atomic E-state index is 6.64. The van der Waals surface area contributed by atoms with Gasteiger partial charge in [0.1, 0.15) is 11.2 Å². The van der Waals surface area contributed by atoms with Crippen molar-refractivity contribution in [1.29, 1.82) is 0 Å². The Bertz CT molecular complexity index is 2780. The molecule has 10 rings (SSSR count). The first-order chi connectivity index (χ1) is 23.3. The van der Waals surface area contributed by atoms with Crippen LogP contribution in [0.1, 0.15) is 0 Å². The lowest BCUT2D eigenvalue weighted by Crippen LogP contribution is -1.92. The summed E-state index contributed by atoms with van der Waals surface area (Å²) in [6.07, 6.45) is 0. The Hall–Kier alpha value is -6.18. The minimum atomic E-state index is 0.910. The van der Waals surface area contributed by atoms with Crippen molar-refractivity contribution < 1.29 is 4.42 Å². The molecule has 1 aromatic heterocycles. The van der Waals surface area contributed by atoms with Crippen LogP contribution in [0.3, 0.4) is 0 Å². The standard InChI is InChI=1S/C46H28O/c1-2-13-29(14-3-1)41-28-32(27-31-16-5-6-17-33(31)41)43-35-19-8-10-21-37(35)44(38-22-11-9-20-36(38)43)39-23-12-24-42-45(39)40-26-25-30-15-4-7-18-34(30)46(40)47-42/h1-28H. The predicted molar refractivity (Wildman–Crippen MR) is 200 cm³/mol. The number of benzene rings is 9. The molecule has 9 aromatic carbocycles. The molecule has 0 spiro atoms. The Balaban J connectivity index is 1.33. The lowest BCUT2D eigenvalue weighted by atomic mass is 9.83. The molecule has 1 heterocycles. The smallest absolute Gasteiger partial charge is 0.143 e. The fourth-order valence-electron chi connectivity index (χ4n) is 7.80. The number of fused-ring (bicyclic) bond motifs is 8. The normalized spacial score (nSPS) is 11.8. The highest BCUT2D eigenvalue weighted by Crippen LogP contribution is 2.48. The van der Waals surface area contributed by atoms with E-state index < -0.39 is 0 Å². The van der Waals surface area contributed by atoms with E-state index in [9.17, 15) is 0 Å². The van der Waals surface area contributed by atoms with Crippen LogP contribution in [0.4, 0.5) is 0 Å². The molecule has 0 radical (unpaired) electrons. The zero-order chi connectivity index (χ0) is 30.9. The van der Waals surface area contributed by atoms with E-state index in [1.807, 2.05) is 0 Å². The molecular weight excluding hydrogens is 569 g/mol. The SMILES string of the molecule is c1ccc(-c2cc(-c3c4ccccc4c(-c4cccc5oc6c7ccccc7ccc6c45)c4ccccc34)cc3ccccc23)cc1. The van der Waals surface area contributed by atoms with Gasteiger partial charge in [-0.05, 0) is 95.3 Å². The van der Waals surface area contributed by atoms with Gasteiger partial charge in [0.25, 0.3) is 0 Å². The molecule has 0 fully saturated rings. The van der Waals surface area contributed by atoms with Crippen LogP contribution in [0, 0.1) is 0 Å². The lowest BCUT2D eigenvalue weighted by Gasteiger charge is -2.19. The molecule has 0 atom stereocenters. The highest BCUT2D eigenvalue weighted by molar-refractivity contribution is 6.27. The molecule has 1 nitrogen and oxygen atoms in total. The minimum absolute atomic E-state index is 0.910. The summed E-state index contributed by atoms with van der Waals surface area (Å²) in [5.74, 6) is 0. The largest absolute Gasteiger partial charge is 0.455 e. The van der Waals surface area contributed by atoms with Gasteiger partial charge in [0.2, 0.25) is 0 Å². The van der Waals surface area contributed by atoms with Gasteiger partial charge in [-0.25, -0.2) is 0 Å². The van der Waals surface area contributed by atoms with Crippen LogP contribution in [0.15, 0.2) is 174 Å². The highest BCUT2D eigenvalue weighted by atomic mass is 16.3. The van der Waals surface area contributed by atoms with Crippen molar-refractivity contribution in [2.75, 3.05) is 0 Å². The zero-order valence-electron chi connectivity index (χ0n) is 25.6. The molecule has 0 aliphatic heterocycles. The van der Waals surface area contributed by atoms with Crippen LogP contribution >= 0.6 is 0 Å². The average Bonchev–Trinajstić information content (AvgIpc) is 3.53. The van der Waals surface area contributed by atoms with Gasteiger partial charge in [-0.1, -0.05) is 146 Å². The van der Waals surface area contributed by atoms with E-state index in [0.717, 1.165) is 27.3 Å². The van der Waals surface area contributed by atoms with Crippen molar-refractivity contribution >= 4 is 65.0 Å². The molecule has 10 aromatic rings. The van der Waals surface area contributed by atoms with Gasteiger partial charge in [0.05, 0.1) is 0 Å². The first-order valence-corrected chi connectivity index (χ1v) is 16.2. The monoisotopic (exact) mass is 596 g/mol. The van der Waals surface area contributed by atoms with Gasteiger partial charge in [0, 0.05) is 16.2 Å². The Morgan fingerprint density at radius 1 is 0.319 bits per heavy atom. The minimum Gasteiger partial charge on any atom is -0.455 e. The first kappa shape index (κ1) is 26.1. The fourth-order valence-corrected chi connectivity index (χ4v) is 7.80. The molecule has 0 amide bonds. The van der Waals surface area contributed by atoms with E-state index in [1.165, 1.54) is 71.1 Å². The number of rotatable bonds is 3. The molecule has 0 N–H and O–H groups in total. The van der Waals surface area contributed by atoms with Crippen molar-refractivity contribution in [3.63, 3.8) is 0 Å². The summed E-state index contributed by atoms with van der Waals surface area (Å²) in [5.41, 5.74) is 9.25. The molecule has 0 saturated heterocycles. The van der Waals surface area contributed by atoms with Gasteiger partial charge in [0.15, 0.2) is 0 Å². The van der Waals surface area contributed by atoms with Crippen LogP contribution in [0.5, 0.6) is 0 Å². The first-order valence-electron chi connectivity index (χ1n) is 16.2. The zero-order valence-corrected chi connectivity index (χ0v) is 25.6. The molecule has 0 bridgehead atoms. The summed E-state index contributed by atoms with van der Waals surface area (Å²) in [6.45, 7) is 0. The Morgan fingerprint density at radius 3 is 1.64 bits per heavy atom. The van der Waals surface area contributed by atoms with Crippen molar-refractivity contribution in [1.82, 2.24) is 0 Å². The van der Waals surface area contributed by atoms with E-state index >= 15 is 0 Å². The van der Waals surface area contributed by atoms with Gasteiger partial charge in [-0.2, -0.15) is 0 Å². The van der Waals surface area contributed by atoms with E-state index in [0.29, 0.717) is 0 Å². The summed E-state index contributed by atoms with van der Waals surface area (Å²) >= 11 is 0. The molecule has 0 aliphatic rings. The third-order valence-corrected chi connectivity index (χ3v) is 9.82. The quantitative estimate of drug-likeness (QED) is 0.185. The summed E-state index contributed by atoms with van der Waals surface area (Å²) in [6, 6.07) is 61.5. The number of furan rings is 1. The fraction of sp³-hybridized carbons (Fsp3) is 0. The summed E-state index contributed by atoms with van der Waals surface area (Å²) in [5, 5.41) is 12.1. The predicted octanol–water partition coefficient (Wildman–Crippen LogP) is 13.2. The van der Waals surface area contributed by atoms with Crippen LogP contribution < -0.4 is 0 Å². The van der Waals surface area contributed by atoms with E-state index in [2.05, 4.69) is 170 Å². The van der Waals surface area contributed by atoms with Crippen LogP contribution in [0.2, 0.25) is 0 Å². The second kappa shape index (κ2) is 10.2. The van der Waals surface area contributed by atoms with Crippen LogP contribution in [-0.2, 0) is 0 Å². The molecule has 1 heteroatoms. The Morgan fingerprint density at radius 2 is 0.915 bits per heavy atom. The third-order valence-electron chi connectivity index (χ3n) is 9.82. The molecule has 0 aliphatic carbocycles. The summed E-state index contributed by atoms with van der Waals surface area (Å²) in [7, 11) is 0. The highest BCUT2D eigenvalue weighted by Gasteiger charge is 2.21. The van der Waals surface area contributed by atoms with Gasteiger partial charge in [-0.15, -0.1) is 0 Å². The van der Waals surface area contributed by atoms with Gasteiger partial charge < -0.3 is 4.42 Å². The van der Waals surface area contributed by atoms with Crippen molar-refractivity contribution in [2.24, 2.45) is 0 Å². The lowest BCUT2D eigenvalue weighted by molar-refractivity contribution is 0.673.